The number of aromatic nitrogens is 2. The highest BCUT2D eigenvalue weighted by atomic mass is 16.1. The van der Waals surface area contributed by atoms with Crippen LogP contribution in [-0.2, 0) is 0 Å². The predicted octanol–water partition coefficient (Wildman–Crippen LogP) is 4.78. The van der Waals surface area contributed by atoms with Crippen LogP contribution in [0.4, 0.5) is 23.1 Å². The molecule has 0 unspecified atom stereocenters. The number of nitrogens with zero attached hydrogens (tertiary/aromatic N) is 2. The van der Waals surface area contributed by atoms with Crippen LogP contribution < -0.4 is 10.6 Å². The smallest absolute Gasteiger partial charge is 0.229 e. The number of carbonyl (C=O) groups excluding carboxylic acids is 1. The fourth-order valence-electron chi connectivity index (χ4n) is 2.49. The third-order valence-corrected chi connectivity index (χ3v) is 3.79. The molecule has 0 fully saturated rings. The van der Waals surface area contributed by atoms with Gasteiger partial charge in [-0.15, -0.1) is 0 Å². The van der Waals surface area contributed by atoms with Gasteiger partial charge in [-0.25, -0.2) is 4.98 Å². The van der Waals surface area contributed by atoms with E-state index in [4.69, 9.17) is 0 Å². The normalized spacial score (nSPS) is 10.4. The maximum atomic E-state index is 11.5. The molecule has 2 N–H and O–H groups in total. The molecule has 0 spiro atoms. The maximum Gasteiger partial charge on any atom is 0.229 e. The third-order valence-electron chi connectivity index (χ3n) is 3.79. The molecule has 1 heterocycles. The Kier molecular flexibility index (Phi) is 4.75. The quantitative estimate of drug-likeness (QED) is 0.658. The zero-order chi connectivity index (χ0) is 17.8. The second-order valence-electron chi connectivity index (χ2n) is 5.92. The number of aryl methyl sites for hydroxylation is 2. The standard InChI is InChI=1S/C20H20N4O/c1-13-7-4-5-10-18(13)23-20-21-14(2)11-19(24-20)22-17-9-6-8-16(12-17)15(3)25/h4-12H,1-3H3,(H2,21,22,23,24). The van der Waals surface area contributed by atoms with Crippen molar-refractivity contribution in [2.45, 2.75) is 20.8 Å². The molecule has 1 aromatic heterocycles. The molecule has 2 aromatic carbocycles. The molecule has 0 amide bonds. The number of hydrogen-bond acceptors (Lipinski definition) is 5. The summed E-state index contributed by atoms with van der Waals surface area (Å²) in [4.78, 5) is 20.5. The van der Waals surface area contributed by atoms with Gasteiger partial charge in [0, 0.05) is 28.7 Å². The van der Waals surface area contributed by atoms with Crippen molar-refractivity contribution in [2.75, 3.05) is 10.6 Å². The Morgan fingerprint density at radius 3 is 2.48 bits per heavy atom. The van der Waals surface area contributed by atoms with Crippen LogP contribution >= 0.6 is 0 Å². The number of Topliss-reactive ketones (excluding diaryl/α,β-unsaturated/α-hetero) is 1. The van der Waals surface area contributed by atoms with Crippen LogP contribution in [0.15, 0.2) is 54.6 Å². The summed E-state index contributed by atoms with van der Waals surface area (Å²) in [6.07, 6.45) is 0. The minimum absolute atomic E-state index is 0.0319. The molecular formula is C20H20N4O. The molecule has 0 atom stereocenters. The highest BCUT2D eigenvalue weighted by molar-refractivity contribution is 5.95. The van der Waals surface area contributed by atoms with Crippen molar-refractivity contribution in [1.29, 1.82) is 0 Å². The molecule has 0 aliphatic carbocycles. The third kappa shape index (κ3) is 4.20. The van der Waals surface area contributed by atoms with Gasteiger partial charge in [-0.1, -0.05) is 30.3 Å². The van der Waals surface area contributed by atoms with Gasteiger partial charge in [0.1, 0.15) is 5.82 Å². The number of ketones is 1. The van der Waals surface area contributed by atoms with E-state index in [1.54, 1.807) is 13.0 Å². The van der Waals surface area contributed by atoms with E-state index in [9.17, 15) is 4.79 Å². The molecular weight excluding hydrogens is 312 g/mol. The number of hydrogen-bond donors (Lipinski definition) is 2. The van der Waals surface area contributed by atoms with Gasteiger partial charge in [-0.05, 0) is 44.5 Å². The summed E-state index contributed by atoms with van der Waals surface area (Å²) in [6, 6.07) is 17.2. The Balaban J connectivity index is 1.86. The Bertz CT molecular complexity index is 921. The SMILES string of the molecule is CC(=O)c1cccc(Nc2cc(C)nc(Nc3ccccc3C)n2)c1. The minimum Gasteiger partial charge on any atom is -0.340 e. The first-order valence-electron chi connectivity index (χ1n) is 8.07. The molecule has 3 aromatic rings. The van der Waals surface area contributed by atoms with Crippen molar-refractivity contribution in [3.63, 3.8) is 0 Å². The van der Waals surface area contributed by atoms with E-state index in [0.717, 1.165) is 22.6 Å². The van der Waals surface area contributed by atoms with Crippen molar-refractivity contribution >= 4 is 28.9 Å². The summed E-state index contributed by atoms with van der Waals surface area (Å²) < 4.78 is 0. The van der Waals surface area contributed by atoms with E-state index in [0.29, 0.717) is 17.3 Å². The largest absolute Gasteiger partial charge is 0.340 e. The van der Waals surface area contributed by atoms with Crippen LogP contribution in [0.5, 0.6) is 0 Å². The minimum atomic E-state index is 0.0319. The molecule has 0 bridgehead atoms. The monoisotopic (exact) mass is 332 g/mol. The first-order chi connectivity index (χ1) is 12.0. The predicted molar refractivity (Wildman–Crippen MR) is 101 cm³/mol. The van der Waals surface area contributed by atoms with Gasteiger partial charge < -0.3 is 10.6 Å². The Morgan fingerprint density at radius 1 is 0.920 bits per heavy atom. The van der Waals surface area contributed by atoms with Crippen molar-refractivity contribution in [2.24, 2.45) is 0 Å². The van der Waals surface area contributed by atoms with Gasteiger partial charge in [0.05, 0.1) is 0 Å². The Labute approximate surface area is 147 Å². The van der Waals surface area contributed by atoms with Gasteiger partial charge in [0.25, 0.3) is 0 Å². The summed E-state index contributed by atoms with van der Waals surface area (Å²) in [5.74, 6) is 1.23. The van der Waals surface area contributed by atoms with Crippen molar-refractivity contribution in [3.8, 4) is 0 Å². The number of carbonyl (C=O) groups is 1. The molecule has 0 radical (unpaired) electrons. The number of nitrogens with one attached hydrogen (secondary N) is 2. The van der Waals surface area contributed by atoms with E-state index in [-0.39, 0.29) is 5.78 Å². The average Bonchev–Trinajstić information content (AvgIpc) is 2.57. The summed E-state index contributed by atoms with van der Waals surface area (Å²) in [6.45, 7) is 5.50. The lowest BCUT2D eigenvalue weighted by molar-refractivity contribution is 0.101. The van der Waals surface area contributed by atoms with Crippen LogP contribution in [0.3, 0.4) is 0 Å². The van der Waals surface area contributed by atoms with E-state index in [2.05, 4.69) is 20.6 Å². The summed E-state index contributed by atoms with van der Waals surface area (Å²) in [7, 11) is 0. The van der Waals surface area contributed by atoms with E-state index in [1.165, 1.54) is 0 Å². The van der Waals surface area contributed by atoms with Gasteiger partial charge >= 0.3 is 0 Å². The summed E-state index contributed by atoms with van der Waals surface area (Å²) in [5, 5.41) is 6.49. The Hall–Kier alpha value is -3.21. The van der Waals surface area contributed by atoms with Gasteiger partial charge in [0.15, 0.2) is 5.78 Å². The van der Waals surface area contributed by atoms with Gasteiger partial charge in [0.2, 0.25) is 5.95 Å². The van der Waals surface area contributed by atoms with Crippen molar-refractivity contribution in [3.05, 3.63) is 71.4 Å². The van der Waals surface area contributed by atoms with Gasteiger partial charge in [-0.3, -0.25) is 4.79 Å². The van der Waals surface area contributed by atoms with Crippen molar-refractivity contribution < 1.29 is 4.79 Å². The zero-order valence-electron chi connectivity index (χ0n) is 14.5. The van der Waals surface area contributed by atoms with E-state index < -0.39 is 0 Å². The second kappa shape index (κ2) is 7.13. The second-order valence-corrected chi connectivity index (χ2v) is 5.92. The van der Waals surface area contributed by atoms with Gasteiger partial charge in [-0.2, -0.15) is 4.98 Å². The van der Waals surface area contributed by atoms with Crippen LogP contribution in [0.2, 0.25) is 0 Å². The fraction of sp³-hybridized carbons (Fsp3) is 0.150. The van der Waals surface area contributed by atoms with Crippen LogP contribution in [0.1, 0.15) is 28.5 Å². The number of para-hydroxylation sites is 1. The molecule has 5 heteroatoms. The van der Waals surface area contributed by atoms with Crippen molar-refractivity contribution in [1.82, 2.24) is 9.97 Å². The number of benzene rings is 2. The Morgan fingerprint density at radius 2 is 1.72 bits per heavy atom. The van der Waals surface area contributed by atoms with Crippen LogP contribution in [0.25, 0.3) is 0 Å². The fourth-order valence-corrected chi connectivity index (χ4v) is 2.49. The molecule has 25 heavy (non-hydrogen) atoms. The number of anilines is 4. The first kappa shape index (κ1) is 16.6. The average molecular weight is 332 g/mol. The lowest BCUT2D eigenvalue weighted by atomic mass is 10.1. The molecule has 0 saturated heterocycles. The van der Waals surface area contributed by atoms with E-state index in [1.807, 2.05) is 62.4 Å². The highest BCUT2D eigenvalue weighted by Crippen LogP contribution is 2.21. The van der Waals surface area contributed by atoms with Crippen LogP contribution in [-0.4, -0.2) is 15.8 Å². The summed E-state index contributed by atoms with van der Waals surface area (Å²) >= 11 is 0. The molecule has 126 valence electrons. The number of rotatable bonds is 5. The van der Waals surface area contributed by atoms with E-state index >= 15 is 0 Å². The zero-order valence-corrected chi connectivity index (χ0v) is 14.5. The molecule has 0 aliphatic heterocycles. The van der Waals surface area contributed by atoms with Crippen LogP contribution in [0, 0.1) is 13.8 Å². The molecule has 0 saturated carbocycles. The maximum absolute atomic E-state index is 11.5. The molecule has 3 rings (SSSR count). The lowest BCUT2D eigenvalue weighted by Gasteiger charge is -2.11. The molecule has 0 aliphatic rings. The topological polar surface area (TPSA) is 66.9 Å². The first-order valence-corrected chi connectivity index (χ1v) is 8.07. The summed E-state index contributed by atoms with van der Waals surface area (Å²) in [5.41, 5.74) is 4.41. The highest BCUT2D eigenvalue weighted by Gasteiger charge is 2.06. The lowest BCUT2D eigenvalue weighted by Crippen LogP contribution is -2.03. The molecule has 5 nitrogen and oxygen atoms in total.